The van der Waals surface area contributed by atoms with Crippen LogP contribution in [0.3, 0.4) is 0 Å². The molecule has 2 atom stereocenters. The number of hydrogen-bond donors (Lipinski definition) is 0. The topological polar surface area (TPSA) is 25.0 Å². The largest absolute Gasteiger partial charge is 0.385 e. The van der Waals surface area contributed by atoms with E-state index in [1.165, 1.54) is 19.5 Å². The molecule has 0 radical (unpaired) electrons. The van der Waals surface area contributed by atoms with Crippen molar-refractivity contribution in [2.45, 2.75) is 25.0 Å². The Labute approximate surface area is 73.6 Å². The van der Waals surface area contributed by atoms with Crippen molar-refractivity contribution in [1.29, 1.82) is 0 Å². The number of likely N-dealkylation sites (tertiary alicyclic amines) is 1. The molecule has 0 N–H and O–H groups in total. The third-order valence-electron chi connectivity index (χ3n) is 2.68. The molecule has 0 aliphatic carbocycles. The van der Waals surface area contributed by atoms with Crippen molar-refractivity contribution in [3.63, 3.8) is 0 Å². The Bertz CT molecular complexity index is 151. The summed E-state index contributed by atoms with van der Waals surface area (Å²) in [6, 6.07) is 0. The molecule has 0 aromatic carbocycles. The van der Waals surface area contributed by atoms with E-state index < -0.39 is 0 Å². The summed E-state index contributed by atoms with van der Waals surface area (Å²) in [5, 5.41) is 0. The molecule has 2 aliphatic rings. The number of nitrogens with zero attached hydrogens (tertiary/aromatic N) is 1. The Balaban J connectivity index is 1.61. The Morgan fingerprint density at radius 3 is 3.17 bits per heavy atom. The maximum atomic E-state index is 5.44. The fraction of sp³-hybridized carbons (Fsp3) is 1.00. The monoisotopic (exact) mass is 171 g/mol. The summed E-state index contributed by atoms with van der Waals surface area (Å²) in [6.45, 7) is 4.41. The fourth-order valence-corrected chi connectivity index (χ4v) is 1.88. The number of fused-ring (bicyclic) bond motifs is 1. The van der Waals surface area contributed by atoms with Gasteiger partial charge in [0.25, 0.3) is 0 Å². The summed E-state index contributed by atoms with van der Waals surface area (Å²) >= 11 is 0. The lowest BCUT2D eigenvalue weighted by Gasteiger charge is -2.23. The predicted molar refractivity (Wildman–Crippen MR) is 46.2 cm³/mol. The molecule has 0 aromatic rings. The summed E-state index contributed by atoms with van der Waals surface area (Å²) in [4.78, 5) is 2.48. The van der Waals surface area contributed by atoms with Crippen LogP contribution < -0.4 is 0 Å². The fourth-order valence-electron chi connectivity index (χ4n) is 1.88. The number of ether oxygens (including phenoxy) is 2. The van der Waals surface area contributed by atoms with E-state index in [0.29, 0.717) is 12.2 Å². The van der Waals surface area contributed by atoms with Crippen molar-refractivity contribution in [2.75, 3.05) is 33.4 Å². The molecule has 0 aromatic heterocycles. The van der Waals surface area contributed by atoms with Gasteiger partial charge in [-0.05, 0) is 12.8 Å². The molecule has 0 spiro atoms. The van der Waals surface area contributed by atoms with Crippen molar-refractivity contribution in [3.05, 3.63) is 0 Å². The van der Waals surface area contributed by atoms with E-state index in [4.69, 9.17) is 9.47 Å². The Morgan fingerprint density at radius 2 is 2.42 bits per heavy atom. The van der Waals surface area contributed by atoms with Crippen LogP contribution in [-0.4, -0.2) is 50.5 Å². The molecule has 2 heterocycles. The highest BCUT2D eigenvalue weighted by atomic mass is 16.6. The Kier molecular flexibility index (Phi) is 2.63. The predicted octanol–water partition coefficient (Wildman–Crippen LogP) is 0.496. The number of piperidine rings is 1. The maximum absolute atomic E-state index is 5.44. The SMILES string of the molecule is COCCCN1CCC2OC2C1. The van der Waals surface area contributed by atoms with E-state index in [1.54, 1.807) is 7.11 Å². The molecule has 2 fully saturated rings. The highest BCUT2D eigenvalue weighted by Crippen LogP contribution is 2.30. The number of rotatable bonds is 4. The van der Waals surface area contributed by atoms with Crippen LogP contribution in [0.5, 0.6) is 0 Å². The van der Waals surface area contributed by atoms with E-state index in [9.17, 15) is 0 Å². The van der Waals surface area contributed by atoms with Crippen LogP contribution in [0.25, 0.3) is 0 Å². The second-order valence-electron chi connectivity index (χ2n) is 3.65. The third-order valence-corrected chi connectivity index (χ3v) is 2.68. The Hall–Kier alpha value is -0.120. The van der Waals surface area contributed by atoms with Crippen LogP contribution >= 0.6 is 0 Å². The van der Waals surface area contributed by atoms with Gasteiger partial charge in [-0.15, -0.1) is 0 Å². The summed E-state index contributed by atoms with van der Waals surface area (Å²) in [7, 11) is 1.76. The van der Waals surface area contributed by atoms with Crippen LogP contribution in [0.4, 0.5) is 0 Å². The van der Waals surface area contributed by atoms with Crippen LogP contribution in [0, 0.1) is 0 Å². The molecule has 0 saturated carbocycles. The summed E-state index contributed by atoms with van der Waals surface area (Å²) in [5.74, 6) is 0. The lowest BCUT2D eigenvalue weighted by molar-refractivity contribution is 0.166. The minimum Gasteiger partial charge on any atom is -0.385 e. The van der Waals surface area contributed by atoms with Gasteiger partial charge in [0.05, 0.1) is 12.2 Å². The molecule has 2 saturated heterocycles. The van der Waals surface area contributed by atoms with E-state index in [1.807, 2.05) is 0 Å². The summed E-state index contributed by atoms with van der Waals surface area (Å²) < 4.78 is 10.5. The number of hydrogen-bond acceptors (Lipinski definition) is 3. The summed E-state index contributed by atoms with van der Waals surface area (Å²) in [6.07, 6.45) is 3.57. The van der Waals surface area contributed by atoms with E-state index in [2.05, 4.69) is 4.90 Å². The van der Waals surface area contributed by atoms with Crippen LogP contribution in [-0.2, 0) is 9.47 Å². The van der Waals surface area contributed by atoms with Gasteiger partial charge in [0.1, 0.15) is 0 Å². The van der Waals surface area contributed by atoms with E-state index >= 15 is 0 Å². The zero-order chi connectivity index (χ0) is 8.39. The van der Waals surface area contributed by atoms with E-state index in [0.717, 1.165) is 19.6 Å². The first kappa shape index (κ1) is 8.48. The van der Waals surface area contributed by atoms with Gasteiger partial charge < -0.3 is 14.4 Å². The van der Waals surface area contributed by atoms with Crippen molar-refractivity contribution in [1.82, 2.24) is 4.90 Å². The highest BCUT2D eigenvalue weighted by molar-refractivity contribution is 4.92. The minimum atomic E-state index is 0.571. The van der Waals surface area contributed by atoms with Gasteiger partial charge >= 0.3 is 0 Å². The minimum absolute atomic E-state index is 0.571. The maximum Gasteiger partial charge on any atom is 0.0968 e. The van der Waals surface area contributed by atoms with Crippen molar-refractivity contribution in [3.8, 4) is 0 Å². The van der Waals surface area contributed by atoms with Gasteiger partial charge in [0.2, 0.25) is 0 Å². The quantitative estimate of drug-likeness (QED) is 0.455. The molecule has 0 amide bonds. The van der Waals surface area contributed by atoms with Crippen molar-refractivity contribution in [2.24, 2.45) is 0 Å². The lowest BCUT2D eigenvalue weighted by atomic mass is 10.1. The highest BCUT2D eigenvalue weighted by Gasteiger charge is 2.42. The van der Waals surface area contributed by atoms with Crippen molar-refractivity contribution < 1.29 is 9.47 Å². The third kappa shape index (κ3) is 1.97. The van der Waals surface area contributed by atoms with Gasteiger partial charge in [0, 0.05) is 33.4 Å². The number of methoxy groups -OCH3 is 1. The average Bonchev–Trinajstić information content (AvgIpc) is 2.83. The smallest absolute Gasteiger partial charge is 0.0968 e. The van der Waals surface area contributed by atoms with Crippen LogP contribution in [0.2, 0.25) is 0 Å². The zero-order valence-corrected chi connectivity index (χ0v) is 7.66. The first-order chi connectivity index (χ1) is 5.90. The second kappa shape index (κ2) is 3.73. The van der Waals surface area contributed by atoms with Gasteiger partial charge in [-0.2, -0.15) is 0 Å². The van der Waals surface area contributed by atoms with Crippen LogP contribution in [0.15, 0.2) is 0 Å². The molecular formula is C9H17NO2. The first-order valence-corrected chi connectivity index (χ1v) is 4.77. The second-order valence-corrected chi connectivity index (χ2v) is 3.65. The molecule has 2 unspecified atom stereocenters. The molecule has 12 heavy (non-hydrogen) atoms. The average molecular weight is 171 g/mol. The van der Waals surface area contributed by atoms with Gasteiger partial charge in [-0.3, -0.25) is 0 Å². The number of epoxide rings is 1. The molecule has 2 aliphatic heterocycles. The van der Waals surface area contributed by atoms with Gasteiger partial charge in [-0.1, -0.05) is 0 Å². The first-order valence-electron chi connectivity index (χ1n) is 4.77. The molecular weight excluding hydrogens is 154 g/mol. The molecule has 3 heteroatoms. The Morgan fingerprint density at radius 1 is 1.50 bits per heavy atom. The van der Waals surface area contributed by atoms with Gasteiger partial charge in [-0.25, -0.2) is 0 Å². The standard InChI is InChI=1S/C9H17NO2/c1-11-6-2-4-10-5-3-8-9(7-10)12-8/h8-9H,2-7H2,1H3. The van der Waals surface area contributed by atoms with E-state index in [-0.39, 0.29) is 0 Å². The molecule has 2 rings (SSSR count). The summed E-state index contributed by atoms with van der Waals surface area (Å²) in [5.41, 5.74) is 0. The zero-order valence-electron chi connectivity index (χ0n) is 7.66. The molecule has 70 valence electrons. The van der Waals surface area contributed by atoms with Gasteiger partial charge in [0.15, 0.2) is 0 Å². The van der Waals surface area contributed by atoms with Crippen molar-refractivity contribution >= 4 is 0 Å². The molecule has 3 nitrogen and oxygen atoms in total. The lowest BCUT2D eigenvalue weighted by Crippen LogP contribution is -2.35. The normalized spacial score (nSPS) is 34.8. The van der Waals surface area contributed by atoms with Crippen LogP contribution in [0.1, 0.15) is 12.8 Å². The molecule has 0 bridgehead atoms.